The molecule has 2 aromatic rings. The minimum absolute atomic E-state index is 0.0112. The number of amides is 1. The van der Waals surface area contributed by atoms with Gasteiger partial charge in [0.05, 0.1) is 0 Å². The molecule has 1 aliphatic heterocycles. The van der Waals surface area contributed by atoms with Gasteiger partial charge in [-0.1, -0.05) is 13.8 Å². The molecule has 0 fully saturated rings. The van der Waals surface area contributed by atoms with E-state index in [1.807, 2.05) is 18.2 Å². The first-order chi connectivity index (χ1) is 12.8. The van der Waals surface area contributed by atoms with E-state index in [0.717, 1.165) is 28.0 Å². The molecule has 144 valence electrons. The van der Waals surface area contributed by atoms with E-state index < -0.39 is 6.09 Å². The van der Waals surface area contributed by atoms with Crippen molar-refractivity contribution in [1.82, 2.24) is 4.98 Å². The smallest absolute Gasteiger partial charge is 0.412 e. The number of benzene rings is 1. The molecule has 2 heterocycles. The summed E-state index contributed by atoms with van der Waals surface area (Å²) in [5.74, 6) is 2.30. The van der Waals surface area contributed by atoms with Crippen molar-refractivity contribution in [3.05, 3.63) is 36.0 Å². The zero-order valence-corrected chi connectivity index (χ0v) is 15.8. The Morgan fingerprint density at radius 3 is 2.85 bits per heavy atom. The summed E-state index contributed by atoms with van der Waals surface area (Å²) in [5, 5.41) is 9.16. The highest BCUT2D eigenvalue weighted by molar-refractivity contribution is 5.86. The number of fused-ring (bicyclic) bond motifs is 3. The lowest BCUT2D eigenvalue weighted by Crippen LogP contribution is -2.29. The predicted octanol–water partition coefficient (Wildman–Crippen LogP) is 3.51. The van der Waals surface area contributed by atoms with Crippen molar-refractivity contribution < 1.29 is 19.4 Å². The molecule has 0 aliphatic carbocycles. The molecule has 1 atom stereocenters. The number of pyridine rings is 1. The third-order valence-electron chi connectivity index (χ3n) is 4.47. The van der Waals surface area contributed by atoms with Gasteiger partial charge in [0, 0.05) is 36.5 Å². The van der Waals surface area contributed by atoms with Crippen LogP contribution in [-0.4, -0.2) is 35.9 Å². The lowest BCUT2D eigenvalue weighted by atomic mass is 9.98. The number of anilines is 1. The van der Waals surface area contributed by atoms with Gasteiger partial charge in [0.2, 0.25) is 0 Å². The second kappa shape index (κ2) is 7.84. The van der Waals surface area contributed by atoms with Crippen molar-refractivity contribution in [1.29, 1.82) is 0 Å². The largest absolute Gasteiger partial charge is 0.492 e. The molecule has 0 radical (unpaired) electrons. The summed E-state index contributed by atoms with van der Waals surface area (Å²) in [6, 6.07) is 7.40. The topological polar surface area (TPSA) is 97.9 Å². The quantitative estimate of drug-likeness (QED) is 0.806. The zero-order chi connectivity index (χ0) is 19.6. The predicted molar refractivity (Wildman–Crippen MR) is 103 cm³/mol. The summed E-state index contributed by atoms with van der Waals surface area (Å²) in [5.41, 5.74) is 8.79. The van der Waals surface area contributed by atoms with Crippen molar-refractivity contribution in [3.8, 4) is 22.6 Å². The molecule has 27 heavy (non-hydrogen) atoms. The summed E-state index contributed by atoms with van der Waals surface area (Å²) in [4.78, 5) is 16.5. The highest BCUT2D eigenvalue weighted by Gasteiger charge is 2.21. The summed E-state index contributed by atoms with van der Waals surface area (Å²) >= 11 is 0. The number of hydrogen-bond donors (Lipinski definition) is 2. The summed E-state index contributed by atoms with van der Waals surface area (Å²) in [7, 11) is 1.47. The molecule has 0 bridgehead atoms. The Morgan fingerprint density at radius 2 is 2.15 bits per heavy atom. The van der Waals surface area contributed by atoms with Crippen LogP contribution in [0.15, 0.2) is 30.5 Å². The van der Waals surface area contributed by atoms with E-state index in [9.17, 15) is 4.79 Å². The lowest BCUT2D eigenvalue weighted by Gasteiger charge is -2.23. The standard InChI is InChI=1S/C20H25N3O4/c1-12(2)6-14(21)11-26-15-4-5-16-17-8-19(23(3)20(24)25)22-9-13(17)10-27-18(16)7-15/h4-5,7-9,12,14H,6,10-11,21H2,1-3H3,(H,24,25). The van der Waals surface area contributed by atoms with Crippen molar-refractivity contribution in [3.63, 3.8) is 0 Å². The van der Waals surface area contributed by atoms with Gasteiger partial charge in [0.1, 0.15) is 30.5 Å². The average Bonchev–Trinajstić information content (AvgIpc) is 2.64. The molecule has 3 N–H and O–H groups in total. The highest BCUT2D eigenvalue weighted by Crippen LogP contribution is 2.40. The van der Waals surface area contributed by atoms with Crippen LogP contribution in [0.25, 0.3) is 11.1 Å². The van der Waals surface area contributed by atoms with Crippen LogP contribution in [-0.2, 0) is 6.61 Å². The van der Waals surface area contributed by atoms with Crippen LogP contribution in [0.4, 0.5) is 10.6 Å². The van der Waals surface area contributed by atoms with E-state index in [4.69, 9.17) is 20.3 Å². The van der Waals surface area contributed by atoms with Crippen molar-refractivity contribution in [2.45, 2.75) is 32.9 Å². The van der Waals surface area contributed by atoms with Gasteiger partial charge in [-0.05, 0) is 36.1 Å². The maximum atomic E-state index is 11.2. The first-order valence-corrected chi connectivity index (χ1v) is 8.96. The molecule has 1 aromatic carbocycles. The van der Waals surface area contributed by atoms with Gasteiger partial charge in [0.15, 0.2) is 0 Å². The molecule has 7 heteroatoms. The van der Waals surface area contributed by atoms with Gasteiger partial charge in [-0.25, -0.2) is 9.78 Å². The van der Waals surface area contributed by atoms with E-state index >= 15 is 0 Å². The third kappa shape index (κ3) is 4.31. The SMILES string of the molecule is CC(C)CC(N)COc1ccc2c(c1)OCc1cnc(N(C)C(=O)O)cc1-2. The van der Waals surface area contributed by atoms with Gasteiger partial charge in [0.25, 0.3) is 0 Å². The van der Waals surface area contributed by atoms with Crippen LogP contribution < -0.4 is 20.1 Å². The van der Waals surface area contributed by atoms with Crippen molar-refractivity contribution in [2.24, 2.45) is 11.7 Å². The molecular formula is C20H25N3O4. The monoisotopic (exact) mass is 371 g/mol. The molecule has 0 spiro atoms. The van der Waals surface area contributed by atoms with Crippen molar-refractivity contribution in [2.75, 3.05) is 18.6 Å². The Morgan fingerprint density at radius 1 is 1.37 bits per heavy atom. The first-order valence-electron chi connectivity index (χ1n) is 8.96. The number of rotatable bonds is 6. The fraction of sp³-hybridized carbons (Fsp3) is 0.400. The maximum absolute atomic E-state index is 11.2. The fourth-order valence-electron chi connectivity index (χ4n) is 3.09. The average molecular weight is 371 g/mol. The molecule has 7 nitrogen and oxygen atoms in total. The van der Waals surface area contributed by atoms with Crippen molar-refractivity contribution >= 4 is 11.9 Å². The molecule has 1 amide bonds. The Kier molecular flexibility index (Phi) is 5.51. The number of carbonyl (C=O) groups is 1. The lowest BCUT2D eigenvalue weighted by molar-refractivity contribution is 0.203. The molecular weight excluding hydrogens is 346 g/mol. The summed E-state index contributed by atoms with van der Waals surface area (Å²) in [6.45, 7) is 5.09. The fourth-order valence-corrected chi connectivity index (χ4v) is 3.09. The van der Waals surface area contributed by atoms with E-state index in [1.54, 1.807) is 12.3 Å². The Labute approximate surface area is 158 Å². The normalized spacial score (nSPS) is 13.4. The molecule has 1 aromatic heterocycles. The van der Waals surface area contributed by atoms with E-state index in [-0.39, 0.29) is 6.04 Å². The Hall–Kier alpha value is -2.80. The van der Waals surface area contributed by atoms with Crippen LogP contribution in [0.3, 0.4) is 0 Å². The number of carboxylic acid groups (broad SMARTS) is 1. The van der Waals surface area contributed by atoms with Gasteiger partial charge < -0.3 is 20.3 Å². The van der Waals surface area contributed by atoms with Crippen LogP contribution in [0.1, 0.15) is 25.8 Å². The number of hydrogen-bond acceptors (Lipinski definition) is 5. The van der Waals surface area contributed by atoms with Gasteiger partial charge in [-0.3, -0.25) is 4.90 Å². The highest BCUT2D eigenvalue weighted by atomic mass is 16.5. The Bertz CT molecular complexity index is 838. The van der Waals surface area contributed by atoms with E-state index in [1.165, 1.54) is 7.05 Å². The molecule has 1 unspecified atom stereocenters. The molecule has 0 saturated carbocycles. The van der Waals surface area contributed by atoms with Gasteiger partial charge >= 0.3 is 6.09 Å². The van der Waals surface area contributed by atoms with Crippen LogP contribution in [0.5, 0.6) is 11.5 Å². The second-order valence-electron chi connectivity index (χ2n) is 7.19. The van der Waals surface area contributed by atoms with Gasteiger partial charge in [-0.15, -0.1) is 0 Å². The van der Waals surface area contributed by atoms with E-state index in [0.29, 0.717) is 36.4 Å². The number of aromatic nitrogens is 1. The van der Waals surface area contributed by atoms with Crippen LogP contribution in [0, 0.1) is 5.92 Å². The van der Waals surface area contributed by atoms with Crippen LogP contribution >= 0.6 is 0 Å². The van der Waals surface area contributed by atoms with Crippen LogP contribution in [0.2, 0.25) is 0 Å². The minimum Gasteiger partial charge on any atom is -0.492 e. The first kappa shape index (κ1) is 19.0. The van der Waals surface area contributed by atoms with E-state index in [2.05, 4.69) is 18.8 Å². The molecule has 0 saturated heterocycles. The van der Waals surface area contributed by atoms with Gasteiger partial charge in [-0.2, -0.15) is 0 Å². The molecule has 1 aliphatic rings. The summed E-state index contributed by atoms with van der Waals surface area (Å²) < 4.78 is 11.6. The third-order valence-corrected chi connectivity index (χ3v) is 4.47. The minimum atomic E-state index is -1.06. The maximum Gasteiger partial charge on any atom is 0.412 e. The zero-order valence-electron chi connectivity index (χ0n) is 15.8. The molecule has 3 rings (SSSR count). The Balaban J connectivity index is 1.81. The number of nitrogens with zero attached hydrogens (tertiary/aromatic N) is 2. The number of ether oxygens (including phenoxy) is 2. The summed E-state index contributed by atoms with van der Waals surface area (Å²) in [6.07, 6.45) is 1.50. The second-order valence-corrected chi connectivity index (χ2v) is 7.19. The number of nitrogens with two attached hydrogens (primary N) is 1.